The van der Waals surface area contributed by atoms with Crippen molar-refractivity contribution >= 4 is 11.4 Å². The molecule has 4 N–H and O–H groups in total. The van der Waals surface area contributed by atoms with E-state index in [1.54, 1.807) is 48.5 Å². The molecule has 0 saturated carbocycles. The van der Waals surface area contributed by atoms with Crippen LogP contribution in [0, 0.1) is 0 Å². The summed E-state index contributed by atoms with van der Waals surface area (Å²) in [4.78, 5) is 0. The molecule has 0 bridgehead atoms. The first-order valence-corrected chi connectivity index (χ1v) is 10.5. The van der Waals surface area contributed by atoms with Crippen LogP contribution in [0.4, 0.5) is 37.7 Å². The molecule has 0 aliphatic carbocycles. The number of benzene rings is 4. The standard InChI is InChI=1S/C27H20F6N2/c28-26(29,30)25(27(31,32)33,21-9-1-17(2-10-21)19-5-13-23(34)14-6-19)22-11-3-18(4-12-22)20-7-15-24(35)16-8-20/h1-16H,34-35H2. The van der Waals surface area contributed by atoms with Crippen molar-refractivity contribution in [3.8, 4) is 22.3 Å². The van der Waals surface area contributed by atoms with Crippen LogP contribution in [0.5, 0.6) is 0 Å². The summed E-state index contributed by atoms with van der Waals surface area (Å²) in [5.74, 6) is 0. The fourth-order valence-corrected chi connectivity index (χ4v) is 4.16. The largest absolute Gasteiger partial charge is 0.411 e. The lowest BCUT2D eigenvalue weighted by molar-refractivity contribution is -0.288. The minimum Gasteiger partial charge on any atom is -0.399 e. The Kier molecular flexibility index (Phi) is 6.00. The van der Waals surface area contributed by atoms with Crippen LogP contribution in [-0.4, -0.2) is 12.4 Å². The molecule has 0 unspecified atom stereocenters. The Morgan fingerprint density at radius 1 is 0.371 bits per heavy atom. The summed E-state index contributed by atoms with van der Waals surface area (Å²) < 4.78 is 86.6. The van der Waals surface area contributed by atoms with Crippen LogP contribution in [0.1, 0.15) is 11.1 Å². The summed E-state index contributed by atoms with van der Waals surface area (Å²) in [5, 5.41) is 0. The minimum atomic E-state index is -5.66. The van der Waals surface area contributed by atoms with Crippen molar-refractivity contribution in [2.75, 3.05) is 11.5 Å². The van der Waals surface area contributed by atoms with E-state index in [1.165, 1.54) is 24.3 Å². The zero-order valence-electron chi connectivity index (χ0n) is 18.2. The van der Waals surface area contributed by atoms with E-state index in [-0.39, 0.29) is 0 Å². The summed E-state index contributed by atoms with van der Waals surface area (Å²) in [6.07, 6.45) is -11.3. The van der Waals surface area contributed by atoms with Gasteiger partial charge in [0, 0.05) is 11.4 Å². The lowest BCUT2D eigenvalue weighted by Gasteiger charge is -2.38. The second-order valence-corrected chi connectivity index (χ2v) is 8.14. The Balaban J connectivity index is 1.84. The molecule has 35 heavy (non-hydrogen) atoms. The molecular formula is C27H20F6N2. The third-order valence-electron chi connectivity index (χ3n) is 5.97. The number of hydrogen-bond acceptors (Lipinski definition) is 2. The number of alkyl halides is 6. The first-order valence-electron chi connectivity index (χ1n) is 10.5. The van der Waals surface area contributed by atoms with Crippen LogP contribution in [0.15, 0.2) is 97.1 Å². The van der Waals surface area contributed by atoms with E-state index in [9.17, 15) is 26.3 Å². The molecular weight excluding hydrogens is 466 g/mol. The quantitative estimate of drug-likeness (QED) is 0.231. The van der Waals surface area contributed by atoms with Crippen LogP contribution in [-0.2, 0) is 5.41 Å². The summed E-state index contributed by atoms with van der Waals surface area (Å²) in [6.45, 7) is 0. The molecule has 0 radical (unpaired) electrons. The topological polar surface area (TPSA) is 52.0 Å². The van der Waals surface area contributed by atoms with Gasteiger partial charge in [0.05, 0.1) is 0 Å². The lowest BCUT2D eigenvalue weighted by Crippen LogP contribution is -2.54. The van der Waals surface area contributed by atoms with Crippen molar-refractivity contribution in [2.45, 2.75) is 17.8 Å². The van der Waals surface area contributed by atoms with Crippen LogP contribution < -0.4 is 11.5 Å². The van der Waals surface area contributed by atoms with Gasteiger partial charge in [-0.05, 0) is 57.6 Å². The molecule has 0 fully saturated rings. The Morgan fingerprint density at radius 2 is 0.600 bits per heavy atom. The summed E-state index contributed by atoms with van der Waals surface area (Å²) in [7, 11) is 0. The highest BCUT2D eigenvalue weighted by Gasteiger charge is 2.72. The van der Waals surface area contributed by atoms with Gasteiger partial charge in [-0.2, -0.15) is 26.3 Å². The second kappa shape index (κ2) is 8.69. The van der Waals surface area contributed by atoms with Crippen molar-refractivity contribution < 1.29 is 26.3 Å². The van der Waals surface area contributed by atoms with Gasteiger partial charge in [-0.1, -0.05) is 72.8 Å². The van der Waals surface area contributed by atoms with Gasteiger partial charge in [0.15, 0.2) is 0 Å². The molecule has 0 saturated heterocycles. The predicted octanol–water partition coefficient (Wildman–Crippen LogP) is 7.60. The zero-order valence-corrected chi connectivity index (χ0v) is 18.2. The molecule has 0 aliphatic rings. The van der Waals surface area contributed by atoms with Gasteiger partial charge in [0.1, 0.15) is 0 Å². The molecule has 0 spiro atoms. The highest BCUT2D eigenvalue weighted by Crippen LogP contribution is 2.56. The second-order valence-electron chi connectivity index (χ2n) is 8.14. The molecule has 2 nitrogen and oxygen atoms in total. The maximum atomic E-state index is 14.4. The van der Waals surface area contributed by atoms with E-state index >= 15 is 0 Å². The molecule has 0 atom stereocenters. The van der Waals surface area contributed by atoms with Gasteiger partial charge in [-0.25, -0.2) is 0 Å². The summed E-state index contributed by atoms with van der Waals surface area (Å²) >= 11 is 0. The third-order valence-corrected chi connectivity index (χ3v) is 5.97. The van der Waals surface area contributed by atoms with Crippen molar-refractivity contribution in [2.24, 2.45) is 0 Å². The van der Waals surface area contributed by atoms with E-state index in [4.69, 9.17) is 11.5 Å². The van der Waals surface area contributed by atoms with Crippen molar-refractivity contribution in [3.05, 3.63) is 108 Å². The smallest absolute Gasteiger partial charge is 0.399 e. The van der Waals surface area contributed by atoms with Crippen molar-refractivity contribution in [3.63, 3.8) is 0 Å². The molecule has 4 aromatic rings. The van der Waals surface area contributed by atoms with Gasteiger partial charge < -0.3 is 11.5 Å². The summed E-state index contributed by atoms with van der Waals surface area (Å²) in [6, 6.07) is 21.4. The van der Waals surface area contributed by atoms with Crippen LogP contribution in [0.2, 0.25) is 0 Å². The molecule has 0 aromatic heterocycles. The highest BCUT2D eigenvalue weighted by atomic mass is 19.4. The van der Waals surface area contributed by atoms with Crippen molar-refractivity contribution in [1.29, 1.82) is 0 Å². The maximum absolute atomic E-state index is 14.4. The van der Waals surface area contributed by atoms with Gasteiger partial charge in [-0.3, -0.25) is 0 Å². The Hall–Kier alpha value is -3.94. The normalized spacial score (nSPS) is 12.5. The van der Waals surface area contributed by atoms with E-state index in [0.29, 0.717) is 33.6 Å². The molecule has 0 amide bonds. The van der Waals surface area contributed by atoms with Gasteiger partial charge in [-0.15, -0.1) is 0 Å². The van der Waals surface area contributed by atoms with Crippen LogP contribution >= 0.6 is 0 Å². The lowest BCUT2D eigenvalue weighted by atomic mass is 9.72. The predicted molar refractivity (Wildman–Crippen MR) is 125 cm³/mol. The number of halogens is 6. The van der Waals surface area contributed by atoms with E-state index in [1.807, 2.05) is 0 Å². The molecule has 8 heteroatoms. The summed E-state index contributed by atoms with van der Waals surface area (Å²) in [5.41, 5.74) is 8.37. The minimum absolute atomic E-state index is 0.464. The monoisotopic (exact) mass is 486 g/mol. The van der Waals surface area contributed by atoms with E-state index in [0.717, 1.165) is 24.3 Å². The Labute approximate surface area is 197 Å². The van der Waals surface area contributed by atoms with E-state index < -0.39 is 28.9 Å². The first-order chi connectivity index (χ1) is 16.4. The average molecular weight is 486 g/mol. The van der Waals surface area contributed by atoms with Gasteiger partial charge >= 0.3 is 12.4 Å². The fourth-order valence-electron chi connectivity index (χ4n) is 4.16. The van der Waals surface area contributed by atoms with Crippen molar-refractivity contribution in [1.82, 2.24) is 0 Å². The molecule has 0 aliphatic heterocycles. The van der Waals surface area contributed by atoms with Gasteiger partial charge in [0.25, 0.3) is 0 Å². The number of nitrogen functional groups attached to an aromatic ring is 2. The Morgan fingerprint density at radius 3 is 0.829 bits per heavy atom. The SMILES string of the molecule is Nc1ccc(-c2ccc(C(c3ccc(-c4ccc(N)cc4)cc3)(C(F)(F)F)C(F)(F)F)cc2)cc1. The number of anilines is 2. The molecule has 180 valence electrons. The number of nitrogens with two attached hydrogens (primary N) is 2. The van der Waals surface area contributed by atoms with Gasteiger partial charge in [0.2, 0.25) is 5.41 Å². The number of rotatable bonds is 4. The maximum Gasteiger partial charge on any atom is 0.411 e. The third kappa shape index (κ3) is 4.32. The fraction of sp³-hybridized carbons (Fsp3) is 0.111. The first kappa shape index (κ1) is 24.2. The molecule has 4 rings (SSSR count). The Bertz CT molecular complexity index is 1180. The highest BCUT2D eigenvalue weighted by molar-refractivity contribution is 5.68. The van der Waals surface area contributed by atoms with Crippen LogP contribution in [0.25, 0.3) is 22.3 Å². The molecule has 4 aromatic carbocycles. The van der Waals surface area contributed by atoms with Crippen LogP contribution in [0.3, 0.4) is 0 Å². The average Bonchev–Trinajstić information content (AvgIpc) is 2.80. The molecule has 0 heterocycles. The zero-order chi connectivity index (χ0) is 25.4. The van der Waals surface area contributed by atoms with E-state index in [2.05, 4.69) is 0 Å². The number of hydrogen-bond donors (Lipinski definition) is 2.